The Kier molecular flexibility index (Phi) is 3.74. The van der Waals surface area contributed by atoms with Gasteiger partial charge in [-0.3, -0.25) is 4.79 Å². The first-order valence-corrected chi connectivity index (χ1v) is 5.80. The Balaban J connectivity index is 2.42. The van der Waals surface area contributed by atoms with Gasteiger partial charge in [0.05, 0.1) is 0 Å². The van der Waals surface area contributed by atoms with Crippen molar-refractivity contribution < 1.29 is 5.11 Å². The summed E-state index contributed by atoms with van der Waals surface area (Å²) in [6.07, 6.45) is 1.27. The number of aromatic nitrogens is 2. The molecule has 5 heteroatoms. The van der Waals surface area contributed by atoms with Gasteiger partial charge >= 0.3 is 0 Å². The molecule has 1 heterocycles. The topological polar surface area (TPSA) is 92.0 Å². The van der Waals surface area contributed by atoms with Gasteiger partial charge in [-0.1, -0.05) is 30.3 Å². The van der Waals surface area contributed by atoms with Crippen molar-refractivity contribution in [3.63, 3.8) is 0 Å². The van der Waals surface area contributed by atoms with Crippen molar-refractivity contribution in [1.82, 2.24) is 9.97 Å². The molecule has 0 fully saturated rings. The third-order valence-electron chi connectivity index (χ3n) is 2.63. The van der Waals surface area contributed by atoms with Crippen LogP contribution in [0.2, 0.25) is 0 Å². The molecule has 0 aliphatic rings. The first-order chi connectivity index (χ1) is 8.72. The number of aromatic amines is 1. The van der Waals surface area contributed by atoms with Gasteiger partial charge in [0, 0.05) is 6.42 Å². The molecule has 1 aromatic heterocycles. The average molecular weight is 245 g/mol. The van der Waals surface area contributed by atoms with E-state index < -0.39 is 0 Å². The minimum atomic E-state index is -0.333. The summed E-state index contributed by atoms with van der Waals surface area (Å²) < 4.78 is 0. The van der Waals surface area contributed by atoms with Crippen molar-refractivity contribution in [2.75, 3.05) is 6.54 Å². The van der Waals surface area contributed by atoms with Gasteiger partial charge in [0.2, 0.25) is 5.88 Å². The van der Waals surface area contributed by atoms with E-state index in [1.54, 1.807) is 24.3 Å². The number of H-pyrrole nitrogens is 1. The van der Waals surface area contributed by atoms with Crippen LogP contribution in [-0.2, 0) is 6.42 Å². The molecule has 0 radical (unpaired) electrons. The molecule has 0 saturated heterocycles. The van der Waals surface area contributed by atoms with Crippen LogP contribution in [0.5, 0.6) is 5.88 Å². The number of aryl methyl sites for hydroxylation is 1. The highest BCUT2D eigenvalue weighted by atomic mass is 16.3. The van der Waals surface area contributed by atoms with Crippen LogP contribution in [0.25, 0.3) is 11.1 Å². The zero-order valence-corrected chi connectivity index (χ0v) is 9.89. The quantitative estimate of drug-likeness (QED) is 0.750. The smallest absolute Gasteiger partial charge is 0.262 e. The van der Waals surface area contributed by atoms with Crippen LogP contribution in [0.1, 0.15) is 12.2 Å². The summed E-state index contributed by atoms with van der Waals surface area (Å²) in [5, 5.41) is 9.86. The molecular weight excluding hydrogens is 230 g/mol. The van der Waals surface area contributed by atoms with Gasteiger partial charge in [-0.15, -0.1) is 0 Å². The van der Waals surface area contributed by atoms with E-state index in [-0.39, 0.29) is 17.0 Å². The van der Waals surface area contributed by atoms with Crippen LogP contribution >= 0.6 is 0 Å². The highest BCUT2D eigenvalue weighted by Gasteiger charge is 2.12. The number of hydrogen-bond donors (Lipinski definition) is 3. The minimum Gasteiger partial charge on any atom is -0.493 e. The summed E-state index contributed by atoms with van der Waals surface area (Å²) in [6.45, 7) is 0.519. The van der Waals surface area contributed by atoms with Crippen molar-refractivity contribution >= 4 is 0 Å². The number of aromatic hydroxyl groups is 1. The van der Waals surface area contributed by atoms with Gasteiger partial charge in [-0.25, -0.2) is 0 Å². The summed E-state index contributed by atoms with van der Waals surface area (Å²) >= 11 is 0. The van der Waals surface area contributed by atoms with Gasteiger partial charge < -0.3 is 15.8 Å². The lowest BCUT2D eigenvalue weighted by atomic mass is 10.1. The van der Waals surface area contributed by atoms with Crippen molar-refractivity contribution in [2.45, 2.75) is 12.8 Å². The molecule has 18 heavy (non-hydrogen) atoms. The molecule has 0 atom stereocenters. The fourth-order valence-corrected chi connectivity index (χ4v) is 1.76. The second kappa shape index (κ2) is 5.46. The lowest BCUT2D eigenvalue weighted by molar-refractivity contribution is 0.449. The molecule has 0 saturated carbocycles. The predicted molar refractivity (Wildman–Crippen MR) is 69.3 cm³/mol. The first kappa shape index (κ1) is 12.3. The molecule has 2 rings (SSSR count). The standard InChI is InChI=1S/C13H15N3O2/c14-8-4-7-10-15-12(17)11(13(18)16-10)9-5-2-1-3-6-9/h1-3,5-6H,4,7-8,14H2,(H2,15,16,17,18). The van der Waals surface area contributed by atoms with E-state index in [1.807, 2.05) is 6.07 Å². The Labute approximate surface area is 104 Å². The molecule has 0 amide bonds. The summed E-state index contributed by atoms with van der Waals surface area (Å²) in [7, 11) is 0. The van der Waals surface area contributed by atoms with E-state index in [9.17, 15) is 9.90 Å². The van der Waals surface area contributed by atoms with Crippen molar-refractivity contribution in [1.29, 1.82) is 0 Å². The van der Waals surface area contributed by atoms with Crippen LogP contribution in [0.4, 0.5) is 0 Å². The first-order valence-electron chi connectivity index (χ1n) is 5.80. The molecule has 0 spiro atoms. The molecule has 0 aliphatic carbocycles. The Morgan fingerprint density at radius 3 is 2.61 bits per heavy atom. The Morgan fingerprint density at radius 2 is 2.00 bits per heavy atom. The average Bonchev–Trinajstić information content (AvgIpc) is 2.37. The predicted octanol–water partition coefficient (Wildman–Crippen LogP) is 1.03. The van der Waals surface area contributed by atoms with Crippen LogP contribution < -0.4 is 11.3 Å². The van der Waals surface area contributed by atoms with Crippen molar-refractivity contribution in [2.24, 2.45) is 5.73 Å². The second-order valence-electron chi connectivity index (χ2n) is 3.97. The second-order valence-corrected chi connectivity index (χ2v) is 3.97. The van der Waals surface area contributed by atoms with Crippen LogP contribution in [0.3, 0.4) is 0 Å². The molecule has 0 unspecified atom stereocenters. The fourth-order valence-electron chi connectivity index (χ4n) is 1.76. The number of nitrogens with two attached hydrogens (primary N) is 1. The normalized spacial score (nSPS) is 10.5. The van der Waals surface area contributed by atoms with E-state index in [4.69, 9.17) is 5.73 Å². The molecule has 94 valence electrons. The maximum absolute atomic E-state index is 11.9. The summed E-state index contributed by atoms with van der Waals surface area (Å²) in [5.74, 6) is 0.222. The van der Waals surface area contributed by atoms with Crippen LogP contribution in [0, 0.1) is 0 Å². The number of hydrogen-bond acceptors (Lipinski definition) is 4. The Hall–Kier alpha value is -2.14. The van der Waals surface area contributed by atoms with Crippen molar-refractivity contribution in [3.05, 3.63) is 46.5 Å². The molecule has 5 nitrogen and oxygen atoms in total. The summed E-state index contributed by atoms with van der Waals surface area (Å²) in [6, 6.07) is 8.96. The van der Waals surface area contributed by atoms with E-state index in [0.29, 0.717) is 30.8 Å². The van der Waals surface area contributed by atoms with Gasteiger partial charge in [-0.05, 0) is 18.5 Å². The number of rotatable bonds is 4. The van der Waals surface area contributed by atoms with E-state index in [1.165, 1.54) is 0 Å². The maximum Gasteiger partial charge on any atom is 0.262 e. The lowest BCUT2D eigenvalue weighted by Gasteiger charge is -2.05. The molecule has 1 aromatic carbocycles. The highest BCUT2D eigenvalue weighted by Crippen LogP contribution is 2.22. The lowest BCUT2D eigenvalue weighted by Crippen LogP contribution is -2.15. The molecule has 4 N–H and O–H groups in total. The third kappa shape index (κ3) is 2.57. The zero-order chi connectivity index (χ0) is 13.0. The molecule has 2 aromatic rings. The number of nitrogens with zero attached hydrogens (tertiary/aromatic N) is 1. The van der Waals surface area contributed by atoms with Crippen LogP contribution in [-0.4, -0.2) is 21.6 Å². The third-order valence-corrected chi connectivity index (χ3v) is 2.63. The van der Waals surface area contributed by atoms with Crippen LogP contribution in [0.15, 0.2) is 35.1 Å². The molecular formula is C13H15N3O2. The maximum atomic E-state index is 11.9. The minimum absolute atomic E-state index is 0.201. The largest absolute Gasteiger partial charge is 0.493 e. The SMILES string of the molecule is NCCCc1nc(O)c(-c2ccccc2)c(=O)[nH]1. The molecule has 0 bridgehead atoms. The Bertz CT molecular complexity index is 579. The summed E-state index contributed by atoms with van der Waals surface area (Å²) in [4.78, 5) is 18.6. The van der Waals surface area contributed by atoms with Gasteiger partial charge in [0.25, 0.3) is 5.56 Å². The zero-order valence-electron chi connectivity index (χ0n) is 9.89. The highest BCUT2D eigenvalue weighted by molar-refractivity contribution is 5.66. The molecule has 0 aliphatic heterocycles. The number of benzene rings is 1. The van der Waals surface area contributed by atoms with E-state index in [2.05, 4.69) is 9.97 Å². The summed E-state index contributed by atoms with van der Waals surface area (Å²) in [5.41, 5.74) is 5.91. The number of nitrogens with one attached hydrogen (secondary N) is 1. The van der Waals surface area contributed by atoms with E-state index in [0.717, 1.165) is 0 Å². The van der Waals surface area contributed by atoms with E-state index >= 15 is 0 Å². The van der Waals surface area contributed by atoms with Gasteiger partial charge in [0.1, 0.15) is 11.4 Å². The van der Waals surface area contributed by atoms with Crippen molar-refractivity contribution in [3.8, 4) is 17.0 Å². The Morgan fingerprint density at radius 1 is 1.28 bits per heavy atom. The van der Waals surface area contributed by atoms with Gasteiger partial charge in [-0.2, -0.15) is 4.98 Å². The fraction of sp³-hybridized carbons (Fsp3) is 0.231. The van der Waals surface area contributed by atoms with Gasteiger partial charge in [0.15, 0.2) is 0 Å². The monoisotopic (exact) mass is 245 g/mol.